The Kier molecular flexibility index (Phi) is 8.86. The first-order valence-electron chi connectivity index (χ1n) is 12.5. The molecule has 2 heterocycles. The summed E-state index contributed by atoms with van der Waals surface area (Å²) in [7, 11) is 0. The van der Waals surface area contributed by atoms with E-state index in [1.165, 1.54) is 51.4 Å². The van der Waals surface area contributed by atoms with Crippen LogP contribution in [-0.4, -0.2) is 58.8 Å². The van der Waals surface area contributed by atoms with E-state index in [1.807, 2.05) is 0 Å². The van der Waals surface area contributed by atoms with Gasteiger partial charge in [-0.3, -0.25) is 4.90 Å². The van der Waals surface area contributed by atoms with E-state index in [0.29, 0.717) is 18.6 Å². The van der Waals surface area contributed by atoms with E-state index < -0.39 is 0 Å². The molecule has 176 valence electrons. The second-order valence-electron chi connectivity index (χ2n) is 12.8. The quantitative estimate of drug-likeness (QED) is 0.445. The van der Waals surface area contributed by atoms with Crippen LogP contribution in [0.3, 0.4) is 0 Å². The Morgan fingerprint density at radius 3 is 1.70 bits per heavy atom. The van der Waals surface area contributed by atoms with Crippen LogP contribution in [0.15, 0.2) is 0 Å². The van der Waals surface area contributed by atoms with E-state index >= 15 is 0 Å². The molecule has 0 bridgehead atoms. The second kappa shape index (κ2) is 10.2. The van der Waals surface area contributed by atoms with E-state index in [2.05, 4.69) is 76.2 Å². The van der Waals surface area contributed by atoms with E-state index in [4.69, 9.17) is 6.92 Å². The summed E-state index contributed by atoms with van der Waals surface area (Å²) in [5.41, 5.74) is 0.818. The number of hydrogen-bond donors (Lipinski definition) is 3. The summed E-state index contributed by atoms with van der Waals surface area (Å²) in [5.74, 6) is 0. The fourth-order valence-corrected chi connectivity index (χ4v) is 6.52. The minimum Gasteiger partial charge on any atom is -0.314 e. The standard InChI is InChI=1S/C26H52N4/c1-10-30(22-19-25(6,7)29-26(8,9)20-22)16-14-12-11-13-15-27-21-17-23(2,3)28-24(4,5)18-21/h1,21-22,27-29H,10-20H2,2-9H3. The average Bonchev–Trinajstić information content (AvgIpc) is 2.51. The average molecular weight is 421 g/mol. The van der Waals surface area contributed by atoms with Gasteiger partial charge in [0, 0.05) is 40.8 Å². The van der Waals surface area contributed by atoms with Crippen molar-refractivity contribution < 1.29 is 0 Å². The van der Waals surface area contributed by atoms with Gasteiger partial charge >= 0.3 is 0 Å². The van der Waals surface area contributed by atoms with Crippen molar-refractivity contribution in [1.29, 1.82) is 0 Å². The maximum absolute atomic E-state index is 6.16. The van der Waals surface area contributed by atoms with Gasteiger partial charge in [-0.1, -0.05) is 12.8 Å². The van der Waals surface area contributed by atoms with E-state index in [-0.39, 0.29) is 22.2 Å². The first kappa shape index (κ1) is 26.1. The van der Waals surface area contributed by atoms with Gasteiger partial charge in [-0.15, -0.1) is 0 Å². The summed E-state index contributed by atoms with van der Waals surface area (Å²) in [4.78, 5) is 2.53. The molecular formula is C26H52N4. The van der Waals surface area contributed by atoms with Gasteiger partial charge in [0.2, 0.25) is 0 Å². The van der Waals surface area contributed by atoms with Crippen LogP contribution in [0, 0.1) is 6.92 Å². The fraction of sp³-hybridized carbons (Fsp3) is 0.962. The molecule has 2 radical (unpaired) electrons. The van der Waals surface area contributed by atoms with Crippen molar-refractivity contribution in [3.8, 4) is 0 Å². The van der Waals surface area contributed by atoms with E-state index in [9.17, 15) is 0 Å². The Morgan fingerprint density at radius 1 is 0.733 bits per heavy atom. The molecule has 3 N–H and O–H groups in total. The fourth-order valence-electron chi connectivity index (χ4n) is 6.52. The zero-order valence-corrected chi connectivity index (χ0v) is 21.5. The topological polar surface area (TPSA) is 39.3 Å². The highest BCUT2D eigenvalue weighted by molar-refractivity contribution is 5.01. The van der Waals surface area contributed by atoms with Gasteiger partial charge in [0.25, 0.3) is 0 Å². The lowest BCUT2D eigenvalue weighted by Crippen LogP contribution is -2.62. The minimum absolute atomic E-state index is 0.184. The molecule has 2 aliphatic heterocycles. The third-order valence-electron chi connectivity index (χ3n) is 6.91. The van der Waals surface area contributed by atoms with Crippen LogP contribution < -0.4 is 16.0 Å². The number of unbranched alkanes of at least 4 members (excludes halogenated alkanes) is 3. The summed E-state index contributed by atoms with van der Waals surface area (Å²) in [6.07, 6.45) is 9.94. The Bertz CT molecular complexity index is 491. The minimum atomic E-state index is 0.184. The number of nitrogens with one attached hydrogen (secondary N) is 3. The van der Waals surface area contributed by atoms with Crippen molar-refractivity contribution in [2.75, 3.05) is 19.6 Å². The van der Waals surface area contributed by atoms with E-state index in [1.54, 1.807) is 0 Å². The van der Waals surface area contributed by atoms with Crippen LogP contribution in [0.25, 0.3) is 0 Å². The van der Waals surface area contributed by atoms with Crippen molar-refractivity contribution in [3.63, 3.8) is 0 Å². The van der Waals surface area contributed by atoms with Gasteiger partial charge < -0.3 is 16.0 Å². The molecule has 0 unspecified atom stereocenters. The first-order valence-corrected chi connectivity index (χ1v) is 12.5. The van der Waals surface area contributed by atoms with E-state index in [0.717, 1.165) is 13.1 Å². The molecule has 0 amide bonds. The van der Waals surface area contributed by atoms with Crippen molar-refractivity contribution in [1.82, 2.24) is 20.9 Å². The lowest BCUT2D eigenvalue weighted by Gasteiger charge is -2.49. The lowest BCUT2D eigenvalue weighted by atomic mass is 9.79. The van der Waals surface area contributed by atoms with Gasteiger partial charge in [0.15, 0.2) is 0 Å². The molecule has 0 aliphatic carbocycles. The van der Waals surface area contributed by atoms with Crippen LogP contribution in [0.4, 0.5) is 0 Å². The van der Waals surface area contributed by atoms with Gasteiger partial charge in [-0.2, -0.15) is 0 Å². The largest absolute Gasteiger partial charge is 0.314 e. The van der Waals surface area contributed by atoms with Crippen molar-refractivity contribution in [2.45, 2.75) is 141 Å². The number of hydrogen-bond acceptors (Lipinski definition) is 4. The van der Waals surface area contributed by atoms with Crippen molar-refractivity contribution in [2.24, 2.45) is 0 Å². The van der Waals surface area contributed by atoms with Gasteiger partial charge in [-0.05, 0) is 114 Å². The summed E-state index contributed by atoms with van der Waals surface area (Å²) in [5, 5.41) is 11.4. The first-order chi connectivity index (χ1) is 13.7. The zero-order chi connectivity index (χ0) is 22.6. The Labute approximate surface area is 188 Å². The predicted octanol–water partition coefficient (Wildman–Crippen LogP) is 4.77. The predicted molar refractivity (Wildman–Crippen MR) is 131 cm³/mol. The highest BCUT2D eigenvalue weighted by Crippen LogP contribution is 2.32. The monoisotopic (exact) mass is 420 g/mol. The second-order valence-corrected chi connectivity index (χ2v) is 12.8. The number of piperidine rings is 2. The summed E-state index contributed by atoms with van der Waals surface area (Å²) in [6.45, 7) is 27.7. The summed E-state index contributed by atoms with van der Waals surface area (Å²) in [6, 6.07) is 1.23. The molecule has 30 heavy (non-hydrogen) atoms. The van der Waals surface area contributed by atoms with Gasteiger partial charge in [0.1, 0.15) is 0 Å². The molecule has 0 saturated carbocycles. The molecule has 0 aromatic rings. The van der Waals surface area contributed by atoms with Crippen LogP contribution in [0.5, 0.6) is 0 Å². The Balaban J connectivity index is 1.64. The Hall–Kier alpha value is -0.160. The van der Waals surface area contributed by atoms with Crippen LogP contribution in [0.1, 0.15) is 107 Å². The molecule has 2 aliphatic rings. The molecule has 2 saturated heterocycles. The van der Waals surface area contributed by atoms with Crippen molar-refractivity contribution >= 4 is 0 Å². The smallest absolute Gasteiger partial charge is 0.0145 e. The molecule has 0 atom stereocenters. The lowest BCUT2D eigenvalue weighted by molar-refractivity contribution is 0.0715. The molecule has 4 heteroatoms. The highest BCUT2D eigenvalue weighted by atomic mass is 15.2. The molecule has 2 fully saturated rings. The third-order valence-corrected chi connectivity index (χ3v) is 6.91. The summed E-state index contributed by atoms with van der Waals surface area (Å²) >= 11 is 0. The maximum atomic E-state index is 6.16. The SMILES string of the molecule is [CH]CN(CCCCCCNC1CC(C)(C)NC(C)(C)C1)C1CC(C)(C)NC(C)(C)C1. The molecule has 0 aromatic heterocycles. The third kappa shape index (κ3) is 8.76. The van der Waals surface area contributed by atoms with Crippen LogP contribution in [0.2, 0.25) is 0 Å². The summed E-state index contributed by atoms with van der Waals surface area (Å²) < 4.78 is 0. The number of rotatable bonds is 10. The molecular weight excluding hydrogens is 368 g/mol. The maximum Gasteiger partial charge on any atom is 0.0145 e. The number of nitrogens with zero attached hydrogens (tertiary/aromatic N) is 1. The highest BCUT2D eigenvalue weighted by Gasteiger charge is 2.39. The van der Waals surface area contributed by atoms with Crippen LogP contribution >= 0.6 is 0 Å². The van der Waals surface area contributed by atoms with Crippen molar-refractivity contribution in [3.05, 3.63) is 6.92 Å². The van der Waals surface area contributed by atoms with Gasteiger partial charge in [-0.25, -0.2) is 0 Å². The zero-order valence-electron chi connectivity index (χ0n) is 21.5. The molecule has 2 rings (SSSR count). The Morgan fingerprint density at radius 2 is 1.20 bits per heavy atom. The molecule has 0 spiro atoms. The van der Waals surface area contributed by atoms with Crippen LogP contribution in [-0.2, 0) is 0 Å². The molecule has 4 nitrogen and oxygen atoms in total. The van der Waals surface area contributed by atoms with Gasteiger partial charge in [0.05, 0.1) is 0 Å². The molecule has 0 aromatic carbocycles. The normalized spacial score (nSPS) is 26.2.